The van der Waals surface area contributed by atoms with Crippen LogP contribution in [0.2, 0.25) is 0 Å². The quantitative estimate of drug-likeness (QED) is 0.387. The van der Waals surface area contributed by atoms with E-state index in [1.165, 1.54) is 4.57 Å². The molecule has 0 aliphatic rings. The lowest BCUT2D eigenvalue weighted by Gasteiger charge is -2.06. The second-order valence-corrected chi connectivity index (χ2v) is 5.32. The van der Waals surface area contributed by atoms with Crippen molar-refractivity contribution in [2.24, 2.45) is 5.73 Å². The van der Waals surface area contributed by atoms with Gasteiger partial charge in [-0.3, -0.25) is 10.4 Å². The molecule has 1 aromatic carbocycles. The Balaban J connectivity index is 2.09. The molecule has 25 heavy (non-hydrogen) atoms. The van der Waals surface area contributed by atoms with Gasteiger partial charge in [-0.2, -0.15) is 0 Å². The van der Waals surface area contributed by atoms with Crippen LogP contribution in [0.3, 0.4) is 0 Å². The molecule has 0 unspecified atom stereocenters. The summed E-state index contributed by atoms with van der Waals surface area (Å²) >= 11 is 0. The lowest BCUT2D eigenvalue weighted by Crippen LogP contribution is -2.15. The van der Waals surface area contributed by atoms with Crippen LogP contribution in [0.5, 0.6) is 0 Å². The number of imidazole rings is 1. The topological polar surface area (TPSA) is 126 Å². The minimum Gasteiger partial charge on any atom is -0.382 e. The molecule has 0 bridgehead atoms. The molecule has 4 aromatic rings. The first-order valence-electron chi connectivity index (χ1n) is 7.49. The highest BCUT2D eigenvalue weighted by molar-refractivity contribution is 6.03. The number of nitrogens with two attached hydrogens (primary N) is 1. The predicted molar refractivity (Wildman–Crippen MR) is 93.7 cm³/mol. The zero-order valence-corrected chi connectivity index (χ0v) is 13.0. The molecular formula is C17H13N7O. The highest BCUT2D eigenvalue weighted by atomic mass is 16.1. The van der Waals surface area contributed by atoms with Gasteiger partial charge in [0.05, 0.1) is 5.69 Å². The van der Waals surface area contributed by atoms with E-state index >= 15 is 0 Å². The number of nitrogen functional groups attached to an aromatic ring is 1. The predicted octanol–water partition coefficient (Wildman–Crippen LogP) is 1.45. The number of hydrogen-bond acceptors (Lipinski definition) is 5. The van der Waals surface area contributed by atoms with E-state index in [0.29, 0.717) is 28.4 Å². The number of hydrogen-bond donors (Lipinski definition) is 3. The third-order valence-electron chi connectivity index (χ3n) is 3.70. The molecule has 0 atom stereocenters. The molecule has 0 amide bonds. The van der Waals surface area contributed by atoms with Gasteiger partial charge in [0.15, 0.2) is 11.5 Å². The van der Waals surface area contributed by atoms with Gasteiger partial charge in [-0.25, -0.2) is 19.3 Å². The number of aromatic amines is 1. The van der Waals surface area contributed by atoms with Crippen LogP contribution >= 0.6 is 0 Å². The zero-order chi connectivity index (χ0) is 17.4. The van der Waals surface area contributed by atoms with Gasteiger partial charge in [0, 0.05) is 6.20 Å². The molecule has 8 heteroatoms. The van der Waals surface area contributed by atoms with Gasteiger partial charge in [0.25, 0.3) is 0 Å². The summed E-state index contributed by atoms with van der Waals surface area (Å²) in [5.41, 5.74) is 7.30. The Bertz CT molecular complexity index is 1130. The summed E-state index contributed by atoms with van der Waals surface area (Å²) < 4.78 is 1.43. The van der Waals surface area contributed by atoms with Crippen LogP contribution in [-0.4, -0.2) is 30.3 Å². The van der Waals surface area contributed by atoms with Crippen LogP contribution in [0.1, 0.15) is 5.69 Å². The van der Waals surface area contributed by atoms with Crippen molar-refractivity contribution in [3.05, 3.63) is 70.9 Å². The fourth-order valence-electron chi connectivity index (χ4n) is 2.61. The number of nitrogens with zero attached hydrogens (tertiary/aromatic N) is 4. The van der Waals surface area contributed by atoms with E-state index in [4.69, 9.17) is 11.1 Å². The van der Waals surface area contributed by atoms with Crippen molar-refractivity contribution in [2.75, 3.05) is 0 Å². The Morgan fingerprint density at radius 2 is 1.84 bits per heavy atom. The lowest BCUT2D eigenvalue weighted by atomic mass is 10.2. The van der Waals surface area contributed by atoms with Crippen molar-refractivity contribution in [2.45, 2.75) is 0 Å². The normalized spacial score (nSPS) is 10.9. The Morgan fingerprint density at radius 3 is 2.52 bits per heavy atom. The van der Waals surface area contributed by atoms with Gasteiger partial charge in [-0.15, -0.1) is 0 Å². The average molecular weight is 331 g/mol. The number of para-hydroxylation sites is 1. The molecule has 0 radical (unpaired) electrons. The van der Waals surface area contributed by atoms with Gasteiger partial charge < -0.3 is 10.7 Å². The van der Waals surface area contributed by atoms with E-state index in [0.717, 1.165) is 0 Å². The monoisotopic (exact) mass is 331 g/mol. The third kappa shape index (κ3) is 2.45. The molecule has 122 valence electrons. The maximum Gasteiger partial charge on any atom is 0.332 e. The highest BCUT2D eigenvalue weighted by Crippen LogP contribution is 2.20. The molecule has 0 aliphatic carbocycles. The van der Waals surface area contributed by atoms with E-state index in [-0.39, 0.29) is 17.2 Å². The molecule has 4 N–H and O–H groups in total. The summed E-state index contributed by atoms with van der Waals surface area (Å²) in [6.07, 6.45) is 1.62. The maximum atomic E-state index is 12.5. The largest absolute Gasteiger partial charge is 0.382 e. The van der Waals surface area contributed by atoms with Crippen molar-refractivity contribution in [1.29, 1.82) is 5.41 Å². The number of fused-ring (bicyclic) bond motifs is 1. The van der Waals surface area contributed by atoms with Crippen LogP contribution in [0.4, 0.5) is 0 Å². The standard InChI is InChI=1S/C17H13N7O/c18-14(19)12-13-16(23-15(21-12)11-8-4-5-9-20-11)24(17(25)22-13)10-6-2-1-3-7-10/h1-9H,(H3,18,19)(H,22,25). The molecule has 0 spiro atoms. The van der Waals surface area contributed by atoms with E-state index in [1.54, 1.807) is 30.5 Å². The van der Waals surface area contributed by atoms with Gasteiger partial charge in [-0.1, -0.05) is 24.3 Å². The van der Waals surface area contributed by atoms with Crippen molar-refractivity contribution < 1.29 is 0 Å². The van der Waals surface area contributed by atoms with Crippen LogP contribution in [-0.2, 0) is 0 Å². The first kappa shape index (κ1) is 14.8. The summed E-state index contributed by atoms with van der Waals surface area (Å²) in [4.78, 5) is 28.2. The Hall–Kier alpha value is -3.81. The number of rotatable bonds is 3. The lowest BCUT2D eigenvalue weighted by molar-refractivity contribution is 0.997. The van der Waals surface area contributed by atoms with Crippen molar-refractivity contribution in [3.63, 3.8) is 0 Å². The molecule has 4 rings (SSSR count). The van der Waals surface area contributed by atoms with Crippen LogP contribution in [0, 0.1) is 5.41 Å². The van der Waals surface area contributed by atoms with Gasteiger partial charge in [-0.05, 0) is 24.3 Å². The molecule has 3 heterocycles. The molecule has 8 nitrogen and oxygen atoms in total. The van der Waals surface area contributed by atoms with E-state index in [9.17, 15) is 4.79 Å². The van der Waals surface area contributed by atoms with Gasteiger partial charge >= 0.3 is 5.69 Å². The van der Waals surface area contributed by atoms with Crippen molar-refractivity contribution in [3.8, 4) is 17.2 Å². The molecule has 0 saturated carbocycles. The number of aromatic nitrogens is 5. The fourth-order valence-corrected chi connectivity index (χ4v) is 2.61. The van der Waals surface area contributed by atoms with E-state index in [1.807, 2.05) is 24.3 Å². The Labute approximate surface area is 141 Å². The number of pyridine rings is 1. The van der Waals surface area contributed by atoms with Gasteiger partial charge in [0.1, 0.15) is 22.7 Å². The molecular weight excluding hydrogens is 318 g/mol. The second kappa shape index (κ2) is 5.68. The summed E-state index contributed by atoms with van der Waals surface area (Å²) in [5, 5.41) is 7.80. The molecule has 0 saturated heterocycles. The number of benzene rings is 1. The number of H-pyrrole nitrogens is 1. The summed E-state index contributed by atoms with van der Waals surface area (Å²) in [7, 11) is 0. The maximum absolute atomic E-state index is 12.5. The van der Waals surface area contributed by atoms with Crippen LogP contribution in [0.25, 0.3) is 28.4 Å². The van der Waals surface area contributed by atoms with E-state index in [2.05, 4.69) is 19.9 Å². The summed E-state index contributed by atoms with van der Waals surface area (Å²) in [6.45, 7) is 0. The number of nitrogens with one attached hydrogen (secondary N) is 2. The summed E-state index contributed by atoms with van der Waals surface area (Å²) in [6, 6.07) is 14.5. The second-order valence-electron chi connectivity index (χ2n) is 5.32. The summed E-state index contributed by atoms with van der Waals surface area (Å²) in [5.74, 6) is 0.0352. The Kier molecular flexibility index (Phi) is 3.35. The minimum atomic E-state index is -0.379. The van der Waals surface area contributed by atoms with E-state index < -0.39 is 0 Å². The third-order valence-corrected chi connectivity index (χ3v) is 3.70. The SMILES string of the molecule is N=C(N)c1nc(-c2ccccn2)nc2c1[nH]c(=O)n2-c1ccccc1. The first-order chi connectivity index (χ1) is 12.1. The van der Waals surface area contributed by atoms with Crippen LogP contribution in [0.15, 0.2) is 59.5 Å². The van der Waals surface area contributed by atoms with Crippen molar-refractivity contribution >= 4 is 17.0 Å². The van der Waals surface area contributed by atoms with Crippen molar-refractivity contribution in [1.82, 2.24) is 24.5 Å². The number of amidine groups is 1. The van der Waals surface area contributed by atoms with Gasteiger partial charge in [0.2, 0.25) is 0 Å². The van der Waals surface area contributed by atoms with Crippen LogP contribution < -0.4 is 11.4 Å². The molecule has 0 aliphatic heterocycles. The fraction of sp³-hybridized carbons (Fsp3) is 0. The average Bonchev–Trinajstić information content (AvgIpc) is 2.98. The molecule has 0 fully saturated rings. The molecule has 3 aromatic heterocycles. The Morgan fingerprint density at radius 1 is 1.08 bits per heavy atom. The minimum absolute atomic E-state index is 0.164. The zero-order valence-electron chi connectivity index (χ0n) is 13.0. The smallest absolute Gasteiger partial charge is 0.332 e. The highest BCUT2D eigenvalue weighted by Gasteiger charge is 2.19. The first-order valence-corrected chi connectivity index (χ1v) is 7.49.